The Labute approximate surface area is 129 Å². The molecule has 0 radical (unpaired) electrons. The van der Waals surface area contributed by atoms with Gasteiger partial charge in [0.2, 0.25) is 0 Å². The van der Waals surface area contributed by atoms with Crippen LogP contribution in [0.1, 0.15) is 22.5 Å². The molecule has 2 N–H and O–H groups in total. The number of carbonyl (C=O) groups excluding carboxylic acids is 1. The number of hydrogen-bond donors (Lipinski definition) is 2. The van der Waals surface area contributed by atoms with Gasteiger partial charge in [-0.15, -0.1) is 11.3 Å². The molecule has 1 aromatic heterocycles. The lowest BCUT2D eigenvalue weighted by atomic mass is 10.0. The topological polar surface area (TPSA) is 55.8 Å². The largest absolute Gasteiger partial charge is 0.390 e. The number of thiophene rings is 1. The number of nitrogens with one attached hydrogen (secondary N) is 1. The fourth-order valence-electron chi connectivity index (χ4n) is 3.24. The molecule has 2 saturated heterocycles. The van der Waals surface area contributed by atoms with Crippen molar-refractivity contribution in [3.8, 4) is 0 Å². The summed E-state index contributed by atoms with van der Waals surface area (Å²) in [5.74, 6) is 0.168. The molecular weight excluding hydrogens is 286 g/mol. The van der Waals surface area contributed by atoms with Crippen LogP contribution in [0.25, 0.3) is 0 Å². The minimum Gasteiger partial charge on any atom is -0.390 e. The van der Waals surface area contributed by atoms with E-state index in [-0.39, 0.29) is 12.0 Å². The molecule has 3 heterocycles. The van der Waals surface area contributed by atoms with Gasteiger partial charge in [-0.2, -0.15) is 0 Å². The van der Waals surface area contributed by atoms with Crippen LogP contribution in [-0.2, 0) is 0 Å². The van der Waals surface area contributed by atoms with Gasteiger partial charge in [0.15, 0.2) is 0 Å². The van der Waals surface area contributed by atoms with Gasteiger partial charge in [-0.25, -0.2) is 0 Å². The number of aliphatic hydroxyl groups excluding tert-OH is 1. The Morgan fingerprint density at radius 2 is 2.14 bits per heavy atom. The fraction of sp³-hybridized carbons (Fsp3) is 0.667. The summed E-state index contributed by atoms with van der Waals surface area (Å²) in [6.07, 6.45) is 1.73. The molecule has 0 aliphatic carbocycles. The average Bonchev–Trinajstić information content (AvgIpc) is 2.96. The molecule has 5 nitrogen and oxygen atoms in total. The minimum absolute atomic E-state index is 0.168. The fourth-order valence-corrected chi connectivity index (χ4v) is 3.93. The minimum atomic E-state index is -0.279. The lowest BCUT2D eigenvalue weighted by Crippen LogP contribution is -2.48. The lowest BCUT2D eigenvalue weighted by molar-refractivity contribution is 0.0543. The summed E-state index contributed by atoms with van der Waals surface area (Å²) in [4.78, 5) is 17.5. The van der Waals surface area contributed by atoms with Gasteiger partial charge < -0.3 is 15.3 Å². The van der Waals surface area contributed by atoms with Crippen molar-refractivity contribution in [3.63, 3.8) is 0 Å². The monoisotopic (exact) mass is 309 g/mol. The molecule has 1 amide bonds. The second-order valence-corrected chi connectivity index (χ2v) is 6.80. The average molecular weight is 309 g/mol. The first-order valence-corrected chi connectivity index (χ1v) is 8.57. The lowest BCUT2D eigenvalue weighted by Gasteiger charge is -2.38. The quantitative estimate of drug-likeness (QED) is 0.841. The van der Waals surface area contributed by atoms with Crippen LogP contribution >= 0.6 is 11.3 Å². The molecule has 116 valence electrons. The van der Waals surface area contributed by atoms with E-state index in [2.05, 4.69) is 10.2 Å². The molecule has 6 heteroatoms. The van der Waals surface area contributed by atoms with Gasteiger partial charge in [-0.3, -0.25) is 9.69 Å². The van der Waals surface area contributed by atoms with Crippen molar-refractivity contribution in [1.29, 1.82) is 0 Å². The van der Waals surface area contributed by atoms with E-state index in [1.807, 2.05) is 22.4 Å². The molecule has 0 aromatic carbocycles. The van der Waals surface area contributed by atoms with Gasteiger partial charge in [-0.1, -0.05) is 6.07 Å². The number of hydrogen-bond acceptors (Lipinski definition) is 5. The van der Waals surface area contributed by atoms with Gasteiger partial charge in [0.1, 0.15) is 0 Å². The van der Waals surface area contributed by atoms with E-state index >= 15 is 0 Å². The van der Waals surface area contributed by atoms with Crippen LogP contribution in [0, 0.1) is 0 Å². The molecule has 0 unspecified atom stereocenters. The van der Waals surface area contributed by atoms with Crippen molar-refractivity contribution >= 4 is 17.2 Å². The molecular formula is C15H23N3O2S. The van der Waals surface area contributed by atoms with Gasteiger partial charge in [0.05, 0.1) is 11.0 Å². The van der Waals surface area contributed by atoms with Crippen LogP contribution in [0.2, 0.25) is 0 Å². The predicted molar refractivity (Wildman–Crippen MR) is 83.7 cm³/mol. The van der Waals surface area contributed by atoms with E-state index < -0.39 is 0 Å². The Morgan fingerprint density at radius 1 is 1.33 bits per heavy atom. The van der Waals surface area contributed by atoms with Gasteiger partial charge in [-0.05, 0) is 24.3 Å². The summed E-state index contributed by atoms with van der Waals surface area (Å²) in [6.45, 7) is 5.00. The highest BCUT2D eigenvalue weighted by atomic mass is 32.1. The van der Waals surface area contributed by atoms with Crippen LogP contribution in [0.4, 0.5) is 0 Å². The van der Waals surface area contributed by atoms with Gasteiger partial charge in [0, 0.05) is 45.3 Å². The maximum absolute atomic E-state index is 12.3. The zero-order valence-electron chi connectivity index (χ0n) is 12.2. The third-order valence-corrected chi connectivity index (χ3v) is 5.26. The number of likely N-dealkylation sites (tertiary alicyclic amines) is 1. The van der Waals surface area contributed by atoms with E-state index in [9.17, 15) is 9.90 Å². The van der Waals surface area contributed by atoms with Crippen LogP contribution in [-0.4, -0.2) is 72.2 Å². The van der Waals surface area contributed by atoms with E-state index in [0.29, 0.717) is 12.6 Å². The highest BCUT2D eigenvalue weighted by Crippen LogP contribution is 2.20. The Balaban J connectivity index is 1.54. The molecule has 2 aliphatic heterocycles. The number of rotatable bonds is 2. The maximum Gasteiger partial charge on any atom is 0.263 e. The van der Waals surface area contributed by atoms with Gasteiger partial charge >= 0.3 is 0 Å². The van der Waals surface area contributed by atoms with Crippen LogP contribution in [0.3, 0.4) is 0 Å². The molecule has 3 rings (SSSR count). The highest BCUT2D eigenvalue weighted by molar-refractivity contribution is 7.12. The SMILES string of the molecule is O=C(c1cccs1)N1CCC(N2CCNC[C@@H](O)C2)CC1. The van der Waals surface area contributed by atoms with Crippen molar-refractivity contribution in [2.24, 2.45) is 0 Å². The Morgan fingerprint density at radius 3 is 2.86 bits per heavy atom. The second kappa shape index (κ2) is 6.87. The normalized spacial score (nSPS) is 25.8. The van der Waals surface area contributed by atoms with Gasteiger partial charge in [0.25, 0.3) is 5.91 Å². The van der Waals surface area contributed by atoms with E-state index in [4.69, 9.17) is 0 Å². The van der Waals surface area contributed by atoms with Crippen molar-refractivity contribution in [2.45, 2.75) is 25.0 Å². The first-order valence-electron chi connectivity index (χ1n) is 7.69. The van der Waals surface area contributed by atoms with Crippen LogP contribution in [0.5, 0.6) is 0 Å². The molecule has 0 spiro atoms. The summed E-state index contributed by atoms with van der Waals surface area (Å²) in [7, 11) is 0. The van der Waals surface area contributed by atoms with Crippen LogP contribution < -0.4 is 5.32 Å². The molecule has 2 aliphatic rings. The van der Waals surface area contributed by atoms with Crippen LogP contribution in [0.15, 0.2) is 17.5 Å². The van der Waals surface area contributed by atoms with Crippen molar-refractivity contribution in [3.05, 3.63) is 22.4 Å². The number of amides is 1. The standard InChI is InChI=1S/C15H23N3O2S/c19-13-10-16-5-8-18(11-13)12-3-6-17(7-4-12)15(20)14-2-1-9-21-14/h1-2,9,12-13,16,19H,3-8,10-11H2/t13-/m1/s1. The Hall–Kier alpha value is -0.950. The number of carbonyl (C=O) groups is 1. The third-order valence-electron chi connectivity index (χ3n) is 4.40. The van der Waals surface area contributed by atoms with E-state index in [0.717, 1.165) is 50.4 Å². The smallest absolute Gasteiger partial charge is 0.263 e. The second-order valence-electron chi connectivity index (χ2n) is 5.85. The number of β-amino-alcohol motifs (C(OH)–C–C–N with tert-alkyl or cyclic N) is 1. The van der Waals surface area contributed by atoms with E-state index in [1.165, 1.54) is 11.3 Å². The maximum atomic E-state index is 12.3. The molecule has 1 aromatic rings. The van der Waals surface area contributed by atoms with Crippen molar-refractivity contribution < 1.29 is 9.90 Å². The van der Waals surface area contributed by atoms with E-state index in [1.54, 1.807) is 0 Å². The molecule has 2 fully saturated rings. The summed E-state index contributed by atoms with van der Waals surface area (Å²) < 4.78 is 0. The molecule has 0 bridgehead atoms. The summed E-state index contributed by atoms with van der Waals surface area (Å²) >= 11 is 1.51. The Kier molecular flexibility index (Phi) is 4.90. The highest BCUT2D eigenvalue weighted by Gasteiger charge is 2.29. The summed E-state index contributed by atoms with van der Waals surface area (Å²) in [6, 6.07) is 4.32. The molecule has 21 heavy (non-hydrogen) atoms. The zero-order chi connectivity index (χ0) is 14.7. The number of nitrogens with zero attached hydrogens (tertiary/aromatic N) is 2. The first kappa shape index (κ1) is 15.0. The predicted octanol–water partition coefficient (Wildman–Crippen LogP) is 0.619. The summed E-state index contributed by atoms with van der Waals surface area (Å²) in [5.41, 5.74) is 0. The summed E-state index contributed by atoms with van der Waals surface area (Å²) in [5, 5.41) is 15.1. The number of aliphatic hydroxyl groups is 1. The van der Waals surface area contributed by atoms with Crippen molar-refractivity contribution in [2.75, 3.05) is 39.3 Å². The third kappa shape index (κ3) is 3.63. The number of piperidine rings is 1. The first-order chi connectivity index (χ1) is 10.2. The van der Waals surface area contributed by atoms with Crippen molar-refractivity contribution in [1.82, 2.24) is 15.1 Å². The molecule has 1 atom stereocenters. The molecule has 0 saturated carbocycles. The Bertz CT molecular complexity index is 457. The zero-order valence-corrected chi connectivity index (χ0v) is 13.0.